The Hall–Kier alpha value is -3.07. The van der Waals surface area contributed by atoms with E-state index in [4.69, 9.17) is 15.5 Å². The first kappa shape index (κ1) is 21.2. The normalized spacial score (nSPS) is 11.5. The third-order valence-corrected chi connectivity index (χ3v) is 1.89. The number of aliphatic hydroxyl groups is 1. The minimum Gasteiger partial charge on any atom is -0.515 e. The van der Waals surface area contributed by atoms with Crippen molar-refractivity contribution in [3.8, 4) is 6.07 Å². The highest BCUT2D eigenvalue weighted by Gasteiger charge is 2.10. The number of ether oxygens (including phenoxy) is 1. The lowest BCUT2D eigenvalue weighted by molar-refractivity contribution is -0.138. The summed E-state index contributed by atoms with van der Waals surface area (Å²) < 4.78 is 4.57. The summed E-state index contributed by atoms with van der Waals surface area (Å²) in [6.07, 6.45) is 9.78. The Bertz CT molecular complexity index is 533. The predicted octanol–water partition coefficient (Wildman–Crippen LogP) is 2.83. The third kappa shape index (κ3) is 12.0. The maximum atomic E-state index is 11.0. The molecule has 0 rings (SSSR count). The van der Waals surface area contributed by atoms with Crippen molar-refractivity contribution < 1.29 is 24.5 Å². The van der Waals surface area contributed by atoms with Gasteiger partial charge in [-0.25, -0.2) is 9.59 Å². The molecule has 0 bridgehead atoms. The van der Waals surface area contributed by atoms with Gasteiger partial charge in [0.1, 0.15) is 0 Å². The van der Waals surface area contributed by atoms with Crippen LogP contribution < -0.4 is 0 Å². The van der Waals surface area contributed by atoms with Gasteiger partial charge in [0.15, 0.2) is 0 Å². The van der Waals surface area contributed by atoms with E-state index in [-0.39, 0.29) is 17.8 Å². The molecule has 0 aromatic rings. The number of hydrogen-bond donors (Lipinski definition) is 2. The van der Waals surface area contributed by atoms with Gasteiger partial charge < -0.3 is 14.9 Å². The van der Waals surface area contributed by atoms with Crippen LogP contribution in [0.5, 0.6) is 0 Å². The minimum atomic E-state index is -1.16. The van der Waals surface area contributed by atoms with Gasteiger partial charge in [-0.1, -0.05) is 30.9 Å². The van der Waals surface area contributed by atoms with Crippen LogP contribution in [-0.4, -0.2) is 28.8 Å². The Balaban J connectivity index is 0. The van der Waals surface area contributed by atoms with Crippen LogP contribution in [0.2, 0.25) is 0 Å². The molecule has 22 heavy (non-hydrogen) atoms. The number of allylic oxidation sites excluding steroid dienone is 5. The summed E-state index contributed by atoms with van der Waals surface area (Å²) in [5.41, 5.74) is -0.245. The van der Waals surface area contributed by atoms with Gasteiger partial charge in [-0.15, -0.1) is 0 Å². The Morgan fingerprint density at radius 3 is 2.36 bits per heavy atom. The number of nitrogens with zero attached hydrogens (tertiary/aromatic N) is 1. The van der Waals surface area contributed by atoms with Crippen molar-refractivity contribution in [3.05, 3.63) is 60.4 Å². The highest BCUT2D eigenvalue weighted by molar-refractivity contribution is 5.95. The van der Waals surface area contributed by atoms with Gasteiger partial charge in [-0.3, -0.25) is 0 Å². The first-order valence-corrected chi connectivity index (χ1v) is 6.21. The largest absolute Gasteiger partial charge is 0.515 e. The fraction of sp³-hybridized carbons (Fsp3) is 0.188. The van der Waals surface area contributed by atoms with Crippen molar-refractivity contribution in [3.63, 3.8) is 0 Å². The van der Waals surface area contributed by atoms with Gasteiger partial charge in [0.25, 0.3) is 0 Å². The standard InChI is InChI=1S/C9H12O5.C7H7N/c1-3-14-9(13)7(5-10)4-6(2)8(11)12;1-2-3-4-5-6-7-8/h4-5,10H,3H2,1-2H3,(H,11,12);2-6H,1H2. The number of rotatable bonds is 6. The molecular formula is C16H19NO5. The molecule has 0 unspecified atom stereocenters. The smallest absolute Gasteiger partial charge is 0.341 e. The topological polar surface area (TPSA) is 108 Å². The van der Waals surface area contributed by atoms with Crippen LogP contribution in [0.4, 0.5) is 0 Å². The van der Waals surface area contributed by atoms with E-state index >= 15 is 0 Å². The summed E-state index contributed by atoms with van der Waals surface area (Å²) in [6.45, 7) is 6.54. The minimum absolute atomic E-state index is 0.0571. The van der Waals surface area contributed by atoms with E-state index < -0.39 is 11.9 Å². The molecule has 0 aromatic carbocycles. The van der Waals surface area contributed by atoms with Gasteiger partial charge in [0.05, 0.1) is 24.5 Å². The Morgan fingerprint density at radius 1 is 1.32 bits per heavy atom. The SMILES string of the molecule is C=CC=CC=CC#N.CCOC(=O)C(C=C(C)C(=O)O)=CO. The molecule has 0 aromatic heterocycles. The average Bonchev–Trinajstić information content (AvgIpc) is 2.49. The molecule has 0 atom stereocenters. The summed E-state index contributed by atoms with van der Waals surface area (Å²) in [5, 5.41) is 25.1. The van der Waals surface area contributed by atoms with E-state index in [0.29, 0.717) is 6.26 Å². The molecule has 6 nitrogen and oxygen atoms in total. The van der Waals surface area contributed by atoms with Gasteiger partial charge in [0, 0.05) is 11.6 Å². The first-order valence-electron chi connectivity index (χ1n) is 6.21. The zero-order chi connectivity index (χ0) is 17.4. The second-order valence-electron chi connectivity index (χ2n) is 3.55. The molecule has 118 valence electrons. The predicted molar refractivity (Wildman–Crippen MR) is 82.8 cm³/mol. The van der Waals surface area contributed by atoms with E-state index in [1.54, 1.807) is 31.2 Å². The summed E-state index contributed by atoms with van der Waals surface area (Å²) in [6, 6.07) is 1.86. The molecular weight excluding hydrogens is 286 g/mol. The summed E-state index contributed by atoms with van der Waals surface area (Å²) in [5.74, 6) is -1.91. The zero-order valence-electron chi connectivity index (χ0n) is 12.5. The van der Waals surface area contributed by atoms with Crippen molar-refractivity contribution >= 4 is 11.9 Å². The number of carboxylic acids is 1. The van der Waals surface area contributed by atoms with Crippen LogP contribution >= 0.6 is 0 Å². The van der Waals surface area contributed by atoms with Crippen molar-refractivity contribution in [1.82, 2.24) is 0 Å². The van der Waals surface area contributed by atoms with Crippen molar-refractivity contribution in [2.75, 3.05) is 6.61 Å². The van der Waals surface area contributed by atoms with Crippen LogP contribution in [0.3, 0.4) is 0 Å². The molecule has 0 amide bonds. The van der Waals surface area contributed by atoms with Gasteiger partial charge in [0.2, 0.25) is 0 Å². The highest BCUT2D eigenvalue weighted by atomic mass is 16.5. The number of carbonyl (C=O) groups excluding carboxylic acids is 1. The van der Waals surface area contributed by atoms with Crippen LogP contribution in [0.25, 0.3) is 0 Å². The Morgan fingerprint density at radius 2 is 1.95 bits per heavy atom. The number of carbonyl (C=O) groups is 2. The Kier molecular flexibility index (Phi) is 13.8. The quantitative estimate of drug-likeness (QED) is 0.257. The van der Waals surface area contributed by atoms with E-state index in [1.807, 2.05) is 6.07 Å². The van der Waals surface area contributed by atoms with Gasteiger partial charge in [-0.2, -0.15) is 5.26 Å². The molecule has 0 heterocycles. The molecule has 0 saturated carbocycles. The van der Waals surface area contributed by atoms with E-state index in [0.717, 1.165) is 6.08 Å². The van der Waals surface area contributed by atoms with Crippen LogP contribution in [-0.2, 0) is 14.3 Å². The first-order chi connectivity index (χ1) is 10.4. The number of hydrogen-bond acceptors (Lipinski definition) is 5. The zero-order valence-corrected chi connectivity index (χ0v) is 12.5. The Labute approximate surface area is 129 Å². The van der Waals surface area contributed by atoms with Crippen LogP contribution in [0, 0.1) is 11.3 Å². The summed E-state index contributed by atoms with van der Waals surface area (Å²) in [4.78, 5) is 21.4. The lowest BCUT2D eigenvalue weighted by atomic mass is 10.2. The number of aliphatic carboxylic acids is 1. The maximum absolute atomic E-state index is 11.0. The fourth-order valence-electron chi connectivity index (χ4n) is 0.900. The second kappa shape index (κ2) is 14.3. The molecule has 0 fully saturated rings. The second-order valence-corrected chi connectivity index (χ2v) is 3.55. The number of carboxylic acid groups (broad SMARTS) is 1. The molecule has 2 N–H and O–H groups in total. The molecule has 0 aliphatic heterocycles. The average molecular weight is 305 g/mol. The van der Waals surface area contributed by atoms with E-state index in [2.05, 4.69) is 11.3 Å². The molecule has 0 aliphatic carbocycles. The van der Waals surface area contributed by atoms with E-state index in [1.165, 1.54) is 13.0 Å². The van der Waals surface area contributed by atoms with Crippen molar-refractivity contribution in [2.45, 2.75) is 13.8 Å². The third-order valence-electron chi connectivity index (χ3n) is 1.89. The van der Waals surface area contributed by atoms with E-state index in [9.17, 15) is 9.59 Å². The molecule has 0 saturated heterocycles. The summed E-state index contributed by atoms with van der Waals surface area (Å²) >= 11 is 0. The molecule has 6 heteroatoms. The monoisotopic (exact) mass is 305 g/mol. The van der Waals surface area contributed by atoms with Crippen LogP contribution in [0.15, 0.2) is 60.4 Å². The maximum Gasteiger partial charge on any atom is 0.341 e. The van der Waals surface area contributed by atoms with Gasteiger partial charge in [-0.05, 0) is 19.9 Å². The molecule has 0 spiro atoms. The lowest BCUT2D eigenvalue weighted by Crippen LogP contribution is -2.08. The van der Waals surface area contributed by atoms with Crippen molar-refractivity contribution in [2.24, 2.45) is 0 Å². The molecule has 0 radical (unpaired) electrons. The number of aliphatic hydroxyl groups excluding tert-OH is 1. The number of esters is 1. The summed E-state index contributed by atoms with van der Waals surface area (Å²) in [7, 11) is 0. The van der Waals surface area contributed by atoms with Crippen molar-refractivity contribution in [1.29, 1.82) is 5.26 Å². The van der Waals surface area contributed by atoms with Crippen LogP contribution in [0.1, 0.15) is 13.8 Å². The molecule has 0 aliphatic rings. The lowest BCUT2D eigenvalue weighted by Gasteiger charge is -2.01. The van der Waals surface area contributed by atoms with Gasteiger partial charge >= 0.3 is 11.9 Å². The highest BCUT2D eigenvalue weighted by Crippen LogP contribution is 2.04. The fourth-order valence-corrected chi connectivity index (χ4v) is 0.900. The number of nitriles is 1.